The fraction of sp³-hybridized carbons (Fsp3) is 0.429. The van der Waals surface area contributed by atoms with Crippen LogP contribution >= 0.6 is 11.5 Å². The molecular formula is C21H26N4O2S. The largest absolute Gasteiger partial charge is 0.371 e. The van der Waals surface area contributed by atoms with Crippen LogP contribution < -0.4 is 16.0 Å². The molecule has 2 N–H and O–H groups in total. The van der Waals surface area contributed by atoms with Crippen molar-refractivity contribution in [2.75, 3.05) is 32.1 Å². The molecule has 1 saturated heterocycles. The summed E-state index contributed by atoms with van der Waals surface area (Å²) < 4.78 is 3.46. The van der Waals surface area contributed by atoms with Crippen molar-refractivity contribution in [3.8, 4) is 11.3 Å². The molecule has 0 bridgehead atoms. The van der Waals surface area contributed by atoms with Crippen molar-refractivity contribution in [1.29, 1.82) is 0 Å². The molecule has 7 heteroatoms. The highest BCUT2D eigenvalue weighted by atomic mass is 32.1. The Kier molecular flexibility index (Phi) is 5.12. The van der Waals surface area contributed by atoms with E-state index in [4.69, 9.17) is 0 Å². The normalized spacial score (nSPS) is 15.6. The predicted molar refractivity (Wildman–Crippen MR) is 117 cm³/mol. The topological polar surface area (TPSA) is 72.2 Å². The molecule has 0 saturated carbocycles. The SMILES string of the molecule is CCc1c(-c2ccc(N3CCC(N(C)C)CC3)cc2)[nH]c(=O)c2c(=O)[nH]sc12. The number of aromatic amines is 2. The second-order valence-electron chi connectivity index (χ2n) is 7.63. The summed E-state index contributed by atoms with van der Waals surface area (Å²) in [5.41, 5.74) is 3.39. The molecule has 1 aliphatic heterocycles. The zero-order valence-electron chi connectivity index (χ0n) is 16.5. The van der Waals surface area contributed by atoms with Gasteiger partial charge in [0.1, 0.15) is 5.39 Å². The molecule has 0 radical (unpaired) electrons. The third kappa shape index (κ3) is 3.29. The summed E-state index contributed by atoms with van der Waals surface area (Å²) in [5, 5.41) is 0.242. The van der Waals surface area contributed by atoms with Gasteiger partial charge in [-0.05, 0) is 56.6 Å². The maximum Gasteiger partial charge on any atom is 0.271 e. The number of piperidine rings is 1. The van der Waals surface area contributed by atoms with Gasteiger partial charge in [0.05, 0.1) is 10.4 Å². The van der Waals surface area contributed by atoms with E-state index in [-0.39, 0.29) is 16.5 Å². The Bertz CT molecular complexity index is 1090. The average molecular weight is 399 g/mol. The molecule has 4 rings (SSSR count). The lowest BCUT2D eigenvalue weighted by Gasteiger charge is -2.36. The van der Waals surface area contributed by atoms with Crippen LogP contribution in [0.2, 0.25) is 0 Å². The molecule has 1 aliphatic rings. The molecule has 28 heavy (non-hydrogen) atoms. The van der Waals surface area contributed by atoms with Crippen molar-refractivity contribution >= 4 is 27.3 Å². The van der Waals surface area contributed by atoms with E-state index in [1.54, 1.807) is 0 Å². The number of aromatic nitrogens is 2. The molecule has 0 spiro atoms. The summed E-state index contributed by atoms with van der Waals surface area (Å²) in [6, 6.07) is 9.06. The van der Waals surface area contributed by atoms with Gasteiger partial charge in [-0.15, -0.1) is 0 Å². The molecule has 1 aromatic carbocycles. The molecule has 0 amide bonds. The minimum absolute atomic E-state index is 0.242. The Morgan fingerprint density at radius 3 is 2.39 bits per heavy atom. The molecule has 3 aromatic rings. The van der Waals surface area contributed by atoms with Crippen molar-refractivity contribution in [1.82, 2.24) is 14.3 Å². The number of H-pyrrole nitrogens is 2. The van der Waals surface area contributed by atoms with Crippen LogP contribution in [0.1, 0.15) is 25.3 Å². The van der Waals surface area contributed by atoms with Crippen molar-refractivity contribution in [3.05, 3.63) is 50.5 Å². The first kappa shape index (κ1) is 19.0. The van der Waals surface area contributed by atoms with Gasteiger partial charge in [-0.25, -0.2) is 0 Å². The van der Waals surface area contributed by atoms with Crippen molar-refractivity contribution in [2.24, 2.45) is 0 Å². The van der Waals surface area contributed by atoms with Gasteiger partial charge in [-0.3, -0.25) is 14.0 Å². The number of nitrogens with one attached hydrogen (secondary N) is 2. The Morgan fingerprint density at radius 1 is 1.11 bits per heavy atom. The third-order valence-corrected chi connectivity index (χ3v) is 6.75. The molecule has 1 fully saturated rings. The first-order valence-corrected chi connectivity index (χ1v) is 10.6. The minimum atomic E-state index is -0.320. The van der Waals surface area contributed by atoms with Crippen LogP contribution in [0.3, 0.4) is 0 Å². The van der Waals surface area contributed by atoms with Gasteiger partial charge in [0, 0.05) is 24.8 Å². The standard InChI is InChI=1S/C21H26N4O2S/c1-4-16-18(22-20(26)17-19(16)28-23-21(17)27)13-5-7-15(8-6-13)25-11-9-14(10-12-25)24(2)3/h5-8,14H,4,9-12H2,1-3H3,(H,22,26)(H,23,27). The second-order valence-corrected chi connectivity index (χ2v) is 8.44. The third-order valence-electron chi connectivity index (χ3n) is 5.81. The maximum absolute atomic E-state index is 12.4. The number of aryl methyl sites for hydroxylation is 1. The van der Waals surface area contributed by atoms with Gasteiger partial charge in [0.25, 0.3) is 11.1 Å². The maximum atomic E-state index is 12.4. The fourth-order valence-electron chi connectivity index (χ4n) is 4.15. The van der Waals surface area contributed by atoms with Crippen LogP contribution in [0.4, 0.5) is 5.69 Å². The summed E-state index contributed by atoms with van der Waals surface area (Å²) in [6.07, 6.45) is 3.09. The highest BCUT2D eigenvalue weighted by molar-refractivity contribution is 7.13. The number of benzene rings is 1. The number of hydrogen-bond donors (Lipinski definition) is 2. The molecule has 0 unspecified atom stereocenters. The summed E-state index contributed by atoms with van der Waals surface area (Å²) >= 11 is 1.25. The number of hydrogen-bond acceptors (Lipinski definition) is 5. The number of anilines is 1. The monoisotopic (exact) mass is 398 g/mol. The minimum Gasteiger partial charge on any atom is -0.371 e. The highest BCUT2D eigenvalue weighted by Gasteiger charge is 2.21. The van der Waals surface area contributed by atoms with Gasteiger partial charge < -0.3 is 14.8 Å². The van der Waals surface area contributed by atoms with Crippen LogP contribution in [0.5, 0.6) is 0 Å². The molecule has 3 heterocycles. The van der Waals surface area contributed by atoms with E-state index in [1.807, 2.05) is 6.92 Å². The van der Waals surface area contributed by atoms with E-state index in [9.17, 15) is 9.59 Å². The lowest BCUT2D eigenvalue weighted by atomic mass is 10.0. The molecule has 0 atom stereocenters. The fourth-order valence-corrected chi connectivity index (χ4v) is 5.10. The molecule has 0 aliphatic carbocycles. The summed E-state index contributed by atoms with van der Waals surface area (Å²) in [6.45, 7) is 4.16. The predicted octanol–water partition coefficient (Wildman–Crippen LogP) is 3.04. The van der Waals surface area contributed by atoms with Gasteiger partial charge in [-0.1, -0.05) is 30.6 Å². The first-order valence-electron chi connectivity index (χ1n) is 9.77. The van der Waals surface area contributed by atoms with Crippen LogP contribution in [0.15, 0.2) is 33.9 Å². The van der Waals surface area contributed by atoms with Gasteiger partial charge in [0.2, 0.25) is 0 Å². The van der Waals surface area contributed by atoms with Gasteiger partial charge >= 0.3 is 0 Å². The Hall–Kier alpha value is -2.38. The van der Waals surface area contributed by atoms with Crippen LogP contribution in [0, 0.1) is 0 Å². The number of fused-ring (bicyclic) bond motifs is 1. The summed E-state index contributed by atoms with van der Waals surface area (Å²) in [7, 11) is 4.30. The summed E-state index contributed by atoms with van der Waals surface area (Å²) in [5.74, 6) is 0. The van der Waals surface area contributed by atoms with E-state index in [2.05, 4.69) is 57.5 Å². The van der Waals surface area contributed by atoms with Crippen LogP contribution in [-0.4, -0.2) is 47.5 Å². The summed E-state index contributed by atoms with van der Waals surface area (Å²) in [4.78, 5) is 32.0. The van der Waals surface area contributed by atoms with E-state index in [1.165, 1.54) is 30.1 Å². The van der Waals surface area contributed by atoms with Gasteiger partial charge in [-0.2, -0.15) is 0 Å². The number of pyridine rings is 1. The average Bonchev–Trinajstić information content (AvgIpc) is 3.10. The lowest BCUT2D eigenvalue weighted by Crippen LogP contribution is -2.41. The first-order chi connectivity index (χ1) is 13.5. The van der Waals surface area contributed by atoms with Crippen molar-refractivity contribution in [2.45, 2.75) is 32.2 Å². The van der Waals surface area contributed by atoms with Crippen molar-refractivity contribution < 1.29 is 0 Å². The van der Waals surface area contributed by atoms with E-state index < -0.39 is 0 Å². The van der Waals surface area contributed by atoms with Crippen LogP contribution in [-0.2, 0) is 6.42 Å². The van der Waals surface area contributed by atoms with E-state index >= 15 is 0 Å². The van der Waals surface area contributed by atoms with E-state index in [0.29, 0.717) is 6.04 Å². The van der Waals surface area contributed by atoms with E-state index in [0.717, 1.165) is 41.0 Å². The van der Waals surface area contributed by atoms with Crippen LogP contribution in [0.25, 0.3) is 21.3 Å². The molecule has 2 aromatic heterocycles. The zero-order chi connectivity index (χ0) is 19.8. The van der Waals surface area contributed by atoms with Gasteiger partial charge in [0.15, 0.2) is 0 Å². The lowest BCUT2D eigenvalue weighted by molar-refractivity contribution is 0.249. The second kappa shape index (κ2) is 7.56. The number of rotatable bonds is 4. The Morgan fingerprint density at radius 2 is 1.79 bits per heavy atom. The molecule has 6 nitrogen and oxygen atoms in total. The smallest absolute Gasteiger partial charge is 0.271 e. The Labute approximate surface area is 168 Å². The zero-order valence-corrected chi connectivity index (χ0v) is 17.4. The van der Waals surface area contributed by atoms with Crippen molar-refractivity contribution in [3.63, 3.8) is 0 Å². The number of nitrogens with zero attached hydrogens (tertiary/aromatic N) is 2. The molecule has 148 valence electrons. The quantitative estimate of drug-likeness (QED) is 0.709. The highest BCUT2D eigenvalue weighted by Crippen LogP contribution is 2.30. The molecular weight excluding hydrogens is 372 g/mol. The Balaban J connectivity index is 1.65.